The fraction of sp³-hybridized carbons (Fsp3) is 0.241. The van der Waals surface area contributed by atoms with Crippen molar-refractivity contribution in [2.24, 2.45) is 0 Å². The first-order valence-corrected chi connectivity index (χ1v) is 12.2. The van der Waals surface area contributed by atoms with E-state index in [9.17, 15) is 27.2 Å². The largest absolute Gasteiger partial charge is 0.416 e. The van der Waals surface area contributed by atoms with E-state index in [0.717, 1.165) is 11.6 Å². The summed E-state index contributed by atoms with van der Waals surface area (Å²) in [5, 5.41) is 2.80. The van der Waals surface area contributed by atoms with Crippen LogP contribution in [0.25, 0.3) is 0 Å². The number of amides is 3. The fourth-order valence-corrected chi connectivity index (χ4v) is 4.38. The van der Waals surface area contributed by atoms with E-state index in [1.807, 2.05) is 30.3 Å². The van der Waals surface area contributed by atoms with E-state index >= 15 is 0 Å². The van der Waals surface area contributed by atoms with Gasteiger partial charge >= 0.3 is 12.2 Å². The van der Waals surface area contributed by atoms with Crippen molar-refractivity contribution in [2.45, 2.75) is 25.2 Å². The summed E-state index contributed by atoms with van der Waals surface area (Å²) in [4.78, 5) is 29.0. The number of nitrogens with zero attached hydrogens (tertiary/aromatic N) is 2. The molecule has 0 bridgehead atoms. The van der Waals surface area contributed by atoms with Crippen LogP contribution in [0.1, 0.15) is 28.3 Å². The summed E-state index contributed by atoms with van der Waals surface area (Å²) in [5.74, 6) is -0.996. The van der Waals surface area contributed by atoms with Gasteiger partial charge in [-0.25, -0.2) is 9.18 Å². The molecule has 0 saturated carbocycles. The highest BCUT2D eigenvalue weighted by atomic mass is 19.4. The van der Waals surface area contributed by atoms with Crippen molar-refractivity contribution in [1.29, 1.82) is 0 Å². The van der Waals surface area contributed by atoms with Gasteiger partial charge in [0.2, 0.25) is 5.91 Å². The summed E-state index contributed by atoms with van der Waals surface area (Å²) in [7, 11) is 0. The number of hydrogen-bond donors (Lipinski definition) is 1. The maximum atomic E-state index is 13.9. The molecule has 1 atom stereocenters. The third kappa shape index (κ3) is 6.79. The minimum Gasteiger partial charge on any atom is -0.338 e. The molecule has 1 aliphatic rings. The molecule has 0 radical (unpaired) electrons. The number of urea groups is 1. The van der Waals surface area contributed by atoms with Crippen molar-refractivity contribution in [1.82, 2.24) is 15.1 Å². The van der Waals surface area contributed by atoms with E-state index in [-0.39, 0.29) is 25.2 Å². The number of hydrogen-bond acceptors (Lipinski definition) is 2. The highest BCUT2D eigenvalue weighted by Crippen LogP contribution is 2.37. The van der Waals surface area contributed by atoms with Crippen LogP contribution in [-0.4, -0.2) is 41.4 Å². The zero-order valence-corrected chi connectivity index (χ0v) is 20.5. The molecule has 1 aliphatic heterocycles. The topological polar surface area (TPSA) is 52.7 Å². The van der Waals surface area contributed by atoms with Gasteiger partial charge in [0.25, 0.3) is 0 Å². The van der Waals surface area contributed by atoms with Crippen LogP contribution in [0.2, 0.25) is 0 Å². The van der Waals surface area contributed by atoms with Gasteiger partial charge in [0.1, 0.15) is 12.4 Å². The number of rotatable bonds is 6. The van der Waals surface area contributed by atoms with Crippen LogP contribution in [-0.2, 0) is 23.9 Å². The Labute approximate surface area is 218 Å². The van der Waals surface area contributed by atoms with Crippen molar-refractivity contribution >= 4 is 11.9 Å². The van der Waals surface area contributed by atoms with E-state index in [4.69, 9.17) is 0 Å². The molecule has 3 amide bonds. The van der Waals surface area contributed by atoms with Crippen LogP contribution >= 0.6 is 0 Å². The van der Waals surface area contributed by atoms with Crippen molar-refractivity contribution in [2.75, 3.05) is 19.6 Å². The van der Waals surface area contributed by atoms with Gasteiger partial charge in [0.05, 0.1) is 11.6 Å². The van der Waals surface area contributed by atoms with Crippen molar-refractivity contribution in [3.05, 3.63) is 119 Å². The number of carbonyl (C=O) groups is 2. The molecule has 0 spiro atoms. The van der Waals surface area contributed by atoms with Gasteiger partial charge in [-0.3, -0.25) is 4.79 Å². The molecule has 1 unspecified atom stereocenters. The summed E-state index contributed by atoms with van der Waals surface area (Å²) < 4.78 is 55.0. The van der Waals surface area contributed by atoms with Crippen molar-refractivity contribution in [3.8, 4) is 0 Å². The first-order valence-electron chi connectivity index (χ1n) is 12.2. The normalized spacial score (nSPS) is 17.1. The molecule has 0 saturated heterocycles. The summed E-state index contributed by atoms with van der Waals surface area (Å²) in [6.07, 6.45) is -0.909. The van der Waals surface area contributed by atoms with E-state index in [1.54, 1.807) is 6.08 Å². The standard InChI is InChI=1S/C29H27F4N3O2/c30-23-14-12-22(13-15-23)19-36-26(24-9-4-5-10-25(24)29(31,32)33)11-6-18-35(20-27(36)37)28(38)34-17-16-21-7-2-1-3-8-21/h1-15,26H,16-20H2,(H,34,38)/b11-6-. The third-order valence-corrected chi connectivity index (χ3v) is 6.30. The lowest BCUT2D eigenvalue weighted by molar-refractivity contribution is -0.141. The van der Waals surface area contributed by atoms with Crippen molar-refractivity contribution in [3.63, 3.8) is 0 Å². The maximum Gasteiger partial charge on any atom is 0.416 e. The number of halogens is 4. The van der Waals surface area contributed by atoms with E-state index in [2.05, 4.69) is 5.32 Å². The molecule has 0 fully saturated rings. The van der Waals surface area contributed by atoms with Crippen LogP contribution in [0.4, 0.5) is 22.4 Å². The van der Waals surface area contributed by atoms with Gasteiger partial charge in [-0.05, 0) is 41.3 Å². The Morgan fingerprint density at radius 1 is 0.921 bits per heavy atom. The minimum absolute atomic E-state index is 0.0536. The second-order valence-corrected chi connectivity index (χ2v) is 8.95. The van der Waals surface area contributed by atoms with Gasteiger partial charge in [-0.15, -0.1) is 0 Å². The molecule has 9 heteroatoms. The highest BCUT2D eigenvalue weighted by Gasteiger charge is 2.37. The lowest BCUT2D eigenvalue weighted by Gasteiger charge is -2.35. The highest BCUT2D eigenvalue weighted by molar-refractivity contribution is 5.85. The monoisotopic (exact) mass is 525 g/mol. The van der Waals surface area contributed by atoms with Crippen LogP contribution in [0.15, 0.2) is 91.0 Å². The van der Waals surface area contributed by atoms with Crippen LogP contribution in [0.3, 0.4) is 0 Å². The van der Waals surface area contributed by atoms with Gasteiger partial charge in [0, 0.05) is 19.6 Å². The molecule has 4 rings (SSSR count). The van der Waals surface area contributed by atoms with E-state index < -0.39 is 35.5 Å². The Hall–Kier alpha value is -4.14. The first kappa shape index (κ1) is 26.9. The smallest absolute Gasteiger partial charge is 0.338 e. The molecule has 198 valence electrons. The summed E-state index contributed by atoms with van der Waals surface area (Å²) in [6, 6.07) is 18.6. The number of benzene rings is 3. The fourth-order valence-electron chi connectivity index (χ4n) is 4.38. The molecule has 1 N–H and O–H groups in total. The molecule has 3 aromatic rings. The predicted molar refractivity (Wildman–Crippen MR) is 135 cm³/mol. The Bertz CT molecular complexity index is 1280. The number of nitrogens with one attached hydrogen (secondary N) is 1. The van der Waals surface area contributed by atoms with Gasteiger partial charge in [-0.1, -0.05) is 72.8 Å². The van der Waals surface area contributed by atoms with Crippen LogP contribution in [0, 0.1) is 5.82 Å². The molecule has 0 aliphatic carbocycles. The third-order valence-electron chi connectivity index (χ3n) is 6.30. The average Bonchev–Trinajstić information content (AvgIpc) is 2.89. The summed E-state index contributed by atoms with van der Waals surface area (Å²) >= 11 is 0. The zero-order chi connectivity index (χ0) is 27.1. The summed E-state index contributed by atoms with van der Waals surface area (Å²) in [6.45, 7) is 0.0211. The molecule has 3 aromatic carbocycles. The first-order chi connectivity index (χ1) is 18.2. The maximum absolute atomic E-state index is 13.9. The Morgan fingerprint density at radius 3 is 2.32 bits per heavy atom. The minimum atomic E-state index is -4.62. The van der Waals surface area contributed by atoms with Gasteiger partial charge in [0.15, 0.2) is 0 Å². The SMILES string of the molecule is O=C(NCCc1ccccc1)N1C/C=C\C(c2ccccc2C(F)(F)F)N(Cc2ccc(F)cc2)C(=O)C1. The average molecular weight is 526 g/mol. The Balaban J connectivity index is 1.59. The van der Waals surface area contributed by atoms with Crippen molar-refractivity contribution < 1.29 is 27.2 Å². The van der Waals surface area contributed by atoms with E-state index in [0.29, 0.717) is 18.5 Å². The lowest BCUT2D eigenvalue weighted by Crippen LogP contribution is -2.48. The number of alkyl halides is 3. The predicted octanol–water partition coefficient (Wildman–Crippen LogP) is 5.74. The molecule has 1 heterocycles. The summed E-state index contributed by atoms with van der Waals surface area (Å²) in [5.41, 5.74) is 0.672. The lowest BCUT2D eigenvalue weighted by atomic mass is 9.96. The zero-order valence-electron chi connectivity index (χ0n) is 20.5. The second-order valence-electron chi connectivity index (χ2n) is 8.95. The second kappa shape index (κ2) is 11.9. The molecule has 5 nitrogen and oxygen atoms in total. The molecular formula is C29H27F4N3O2. The Kier molecular flexibility index (Phi) is 8.45. The van der Waals surface area contributed by atoms with E-state index in [1.165, 1.54) is 58.3 Å². The van der Waals surface area contributed by atoms with Crippen LogP contribution in [0.5, 0.6) is 0 Å². The van der Waals surface area contributed by atoms with Crippen LogP contribution < -0.4 is 5.32 Å². The molecule has 0 aromatic heterocycles. The number of carbonyl (C=O) groups excluding carboxylic acids is 2. The Morgan fingerprint density at radius 2 is 1.61 bits per heavy atom. The quantitative estimate of drug-likeness (QED) is 0.330. The van der Waals surface area contributed by atoms with Gasteiger partial charge < -0.3 is 15.1 Å². The molecule has 38 heavy (non-hydrogen) atoms. The molecular weight excluding hydrogens is 498 g/mol. The van der Waals surface area contributed by atoms with Gasteiger partial charge in [-0.2, -0.15) is 13.2 Å².